The molecule has 7 heteroatoms. The fourth-order valence-corrected chi connectivity index (χ4v) is 4.11. The van der Waals surface area contributed by atoms with E-state index in [2.05, 4.69) is 22.4 Å². The third-order valence-electron chi connectivity index (χ3n) is 4.67. The highest BCUT2D eigenvalue weighted by molar-refractivity contribution is 7.13. The minimum atomic E-state index is 0. The van der Waals surface area contributed by atoms with Gasteiger partial charge in [0.25, 0.3) is 5.91 Å². The lowest BCUT2D eigenvalue weighted by Gasteiger charge is -2.31. The van der Waals surface area contributed by atoms with Crippen molar-refractivity contribution in [3.63, 3.8) is 0 Å². The Morgan fingerprint density at radius 1 is 1.23 bits per heavy atom. The molecular formula is C19H27Cl2N3OS. The molecule has 0 spiro atoms. The van der Waals surface area contributed by atoms with Gasteiger partial charge >= 0.3 is 0 Å². The van der Waals surface area contributed by atoms with E-state index in [0.717, 1.165) is 54.7 Å². The van der Waals surface area contributed by atoms with E-state index >= 15 is 0 Å². The molecule has 144 valence electrons. The standard InChI is InChI=1S/C19H25N3OS.2ClH/c1-20-10-7-15-8-11-22(12-9-15)19(23)17-14-21-18(24-17)13-16-5-3-2-4-6-16;;/h2-6,14-15,20H,7-13H2,1H3;2*1H. The monoisotopic (exact) mass is 415 g/mol. The van der Waals surface area contributed by atoms with Gasteiger partial charge in [-0.1, -0.05) is 30.3 Å². The molecule has 0 bridgehead atoms. The number of benzene rings is 1. The number of aromatic nitrogens is 1. The summed E-state index contributed by atoms with van der Waals surface area (Å²) >= 11 is 1.53. The van der Waals surface area contributed by atoms with Crippen LogP contribution in [0.4, 0.5) is 0 Å². The van der Waals surface area contributed by atoms with Gasteiger partial charge in [-0.3, -0.25) is 4.79 Å². The Balaban J connectivity index is 0.00000169. The topological polar surface area (TPSA) is 45.2 Å². The number of hydrogen-bond acceptors (Lipinski definition) is 4. The van der Waals surface area contributed by atoms with E-state index in [1.807, 2.05) is 30.1 Å². The fraction of sp³-hybridized carbons (Fsp3) is 0.474. The zero-order valence-electron chi connectivity index (χ0n) is 15.0. The van der Waals surface area contributed by atoms with E-state index in [-0.39, 0.29) is 30.7 Å². The number of thiazole rings is 1. The van der Waals surface area contributed by atoms with Gasteiger partial charge in [-0.15, -0.1) is 36.2 Å². The van der Waals surface area contributed by atoms with Gasteiger partial charge in [0.05, 0.1) is 11.2 Å². The van der Waals surface area contributed by atoms with Crippen LogP contribution in [0.25, 0.3) is 0 Å². The van der Waals surface area contributed by atoms with Crippen LogP contribution in [0.2, 0.25) is 0 Å². The van der Waals surface area contributed by atoms with Crippen LogP contribution in [0.15, 0.2) is 36.5 Å². The summed E-state index contributed by atoms with van der Waals surface area (Å²) in [6.45, 7) is 2.81. The second kappa shape index (κ2) is 11.5. The van der Waals surface area contributed by atoms with Crippen molar-refractivity contribution in [3.05, 3.63) is 52.0 Å². The number of nitrogens with one attached hydrogen (secondary N) is 1. The molecule has 0 unspecified atom stereocenters. The van der Waals surface area contributed by atoms with Crippen molar-refractivity contribution < 1.29 is 4.79 Å². The van der Waals surface area contributed by atoms with Gasteiger partial charge in [0.1, 0.15) is 4.88 Å². The average Bonchev–Trinajstić information content (AvgIpc) is 3.09. The lowest BCUT2D eigenvalue weighted by atomic mass is 9.93. The molecule has 1 N–H and O–H groups in total. The van der Waals surface area contributed by atoms with Crippen LogP contribution >= 0.6 is 36.2 Å². The number of nitrogens with zero attached hydrogens (tertiary/aromatic N) is 2. The fourth-order valence-electron chi connectivity index (χ4n) is 3.19. The van der Waals surface area contributed by atoms with Gasteiger partial charge in [-0.25, -0.2) is 4.98 Å². The highest BCUT2D eigenvalue weighted by atomic mass is 35.5. The number of carbonyl (C=O) groups is 1. The second-order valence-corrected chi connectivity index (χ2v) is 7.52. The molecule has 0 atom stereocenters. The normalized spacial score (nSPS) is 14.4. The van der Waals surface area contributed by atoms with Crippen LogP contribution in [0, 0.1) is 5.92 Å². The maximum atomic E-state index is 12.7. The van der Waals surface area contributed by atoms with E-state index in [1.54, 1.807) is 6.20 Å². The van der Waals surface area contributed by atoms with Gasteiger partial charge in [0.15, 0.2) is 0 Å². The lowest BCUT2D eigenvalue weighted by Crippen LogP contribution is -2.38. The largest absolute Gasteiger partial charge is 0.338 e. The number of halogens is 2. The van der Waals surface area contributed by atoms with Crippen LogP contribution in [0.5, 0.6) is 0 Å². The first kappa shape index (κ1) is 22.9. The zero-order chi connectivity index (χ0) is 16.8. The summed E-state index contributed by atoms with van der Waals surface area (Å²) in [4.78, 5) is 19.9. The van der Waals surface area contributed by atoms with Crippen molar-refractivity contribution in [1.82, 2.24) is 15.2 Å². The summed E-state index contributed by atoms with van der Waals surface area (Å²) < 4.78 is 0. The van der Waals surface area contributed by atoms with Crippen LogP contribution in [-0.2, 0) is 6.42 Å². The average molecular weight is 416 g/mol. The smallest absolute Gasteiger partial charge is 0.265 e. The number of hydrogen-bond donors (Lipinski definition) is 1. The molecule has 1 amide bonds. The SMILES string of the molecule is CNCCC1CCN(C(=O)c2cnc(Cc3ccccc3)s2)CC1.Cl.Cl. The first-order chi connectivity index (χ1) is 11.8. The Hall–Kier alpha value is -1.14. The van der Waals surface area contributed by atoms with Crippen LogP contribution < -0.4 is 5.32 Å². The van der Waals surface area contributed by atoms with Crippen molar-refractivity contribution in [1.29, 1.82) is 0 Å². The molecule has 1 aliphatic heterocycles. The highest BCUT2D eigenvalue weighted by Crippen LogP contribution is 2.24. The summed E-state index contributed by atoms with van der Waals surface area (Å²) in [7, 11) is 2.00. The molecule has 1 fully saturated rings. The van der Waals surface area contributed by atoms with Gasteiger partial charge in [-0.2, -0.15) is 0 Å². The molecule has 0 saturated carbocycles. The second-order valence-electron chi connectivity index (χ2n) is 6.41. The molecule has 0 radical (unpaired) electrons. The van der Waals surface area contributed by atoms with Crippen molar-refractivity contribution in [2.24, 2.45) is 5.92 Å². The van der Waals surface area contributed by atoms with Crippen LogP contribution in [0.3, 0.4) is 0 Å². The van der Waals surface area contributed by atoms with E-state index in [1.165, 1.54) is 23.3 Å². The Bertz CT molecular complexity index is 658. The maximum Gasteiger partial charge on any atom is 0.265 e. The van der Waals surface area contributed by atoms with Gasteiger partial charge in [-0.05, 0) is 44.3 Å². The predicted molar refractivity (Wildman–Crippen MR) is 113 cm³/mol. The van der Waals surface area contributed by atoms with E-state index < -0.39 is 0 Å². The Morgan fingerprint density at radius 3 is 2.58 bits per heavy atom. The summed E-state index contributed by atoms with van der Waals surface area (Å²) in [5, 5.41) is 4.22. The zero-order valence-corrected chi connectivity index (χ0v) is 17.5. The summed E-state index contributed by atoms with van der Waals surface area (Å²) in [5.74, 6) is 0.899. The Morgan fingerprint density at radius 2 is 1.92 bits per heavy atom. The summed E-state index contributed by atoms with van der Waals surface area (Å²) in [6.07, 6.45) is 5.98. The van der Waals surface area contributed by atoms with Crippen molar-refractivity contribution in [3.8, 4) is 0 Å². The molecule has 4 nitrogen and oxygen atoms in total. The summed E-state index contributed by atoms with van der Waals surface area (Å²) in [5.41, 5.74) is 1.23. The van der Waals surface area contributed by atoms with E-state index in [0.29, 0.717) is 0 Å². The molecule has 1 saturated heterocycles. The van der Waals surface area contributed by atoms with Crippen molar-refractivity contribution in [2.75, 3.05) is 26.7 Å². The third-order valence-corrected chi connectivity index (χ3v) is 5.65. The van der Waals surface area contributed by atoms with E-state index in [4.69, 9.17) is 0 Å². The molecule has 1 aromatic heterocycles. The first-order valence-corrected chi connectivity index (χ1v) is 9.50. The van der Waals surface area contributed by atoms with Gasteiger partial charge in [0, 0.05) is 19.5 Å². The highest BCUT2D eigenvalue weighted by Gasteiger charge is 2.24. The Labute approximate surface area is 172 Å². The summed E-state index contributed by atoms with van der Waals surface area (Å²) in [6, 6.07) is 10.3. The maximum absolute atomic E-state index is 12.7. The minimum Gasteiger partial charge on any atom is -0.338 e. The predicted octanol–water partition coefficient (Wildman–Crippen LogP) is 4.04. The molecule has 26 heavy (non-hydrogen) atoms. The number of amides is 1. The van der Waals surface area contributed by atoms with Crippen molar-refractivity contribution in [2.45, 2.75) is 25.7 Å². The molecular weight excluding hydrogens is 389 g/mol. The van der Waals surface area contributed by atoms with E-state index in [9.17, 15) is 4.79 Å². The molecule has 1 aliphatic rings. The van der Waals surface area contributed by atoms with Crippen molar-refractivity contribution >= 4 is 42.1 Å². The minimum absolute atomic E-state index is 0. The number of likely N-dealkylation sites (tertiary alicyclic amines) is 1. The lowest BCUT2D eigenvalue weighted by molar-refractivity contribution is 0.0692. The third kappa shape index (κ3) is 6.23. The quantitative estimate of drug-likeness (QED) is 0.773. The van der Waals surface area contributed by atoms with Gasteiger partial charge in [0.2, 0.25) is 0 Å². The molecule has 2 aromatic rings. The van der Waals surface area contributed by atoms with Crippen LogP contribution in [0.1, 0.15) is 39.5 Å². The molecule has 1 aromatic carbocycles. The molecule has 0 aliphatic carbocycles. The number of carbonyl (C=O) groups excluding carboxylic acids is 1. The number of rotatable bonds is 6. The van der Waals surface area contributed by atoms with Crippen LogP contribution in [-0.4, -0.2) is 42.5 Å². The first-order valence-electron chi connectivity index (χ1n) is 8.69. The Kier molecular flexibility index (Phi) is 10.2. The number of piperidine rings is 1. The van der Waals surface area contributed by atoms with Gasteiger partial charge < -0.3 is 10.2 Å². The molecule has 2 heterocycles. The molecule has 3 rings (SSSR count).